The minimum atomic E-state index is -1.11. The second-order valence-electron chi connectivity index (χ2n) is 4.59. The van der Waals surface area contributed by atoms with Gasteiger partial charge in [-0.2, -0.15) is 0 Å². The van der Waals surface area contributed by atoms with Gasteiger partial charge in [0.1, 0.15) is 11.2 Å². The SMILES string of the molecule is CCOC(=O)/C=C/CCCC(=O)C(C)(C)C(=O)OC. The Hall–Kier alpha value is -1.65. The van der Waals surface area contributed by atoms with Gasteiger partial charge in [-0.05, 0) is 33.6 Å². The molecule has 0 unspecified atom stereocenters. The zero-order valence-electron chi connectivity index (χ0n) is 12.0. The second kappa shape index (κ2) is 8.45. The van der Waals surface area contributed by atoms with Crippen LogP contribution in [0.2, 0.25) is 0 Å². The first-order valence-corrected chi connectivity index (χ1v) is 6.31. The molecule has 0 saturated heterocycles. The summed E-state index contributed by atoms with van der Waals surface area (Å²) in [5.74, 6) is -1.08. The van der Waals surface area contributed by atoms with Crippen molar-refractivity contribution in [2.75, 3.05) is 13.7 Å². The molecule has 19 heavy (non-hydrogen) atoms. The van der Waals surface area contributed by atoms with E-state index in [4.69, 9.17) is 4.74 Å². The molecule has 0 fully saturated rings. The fourth-order valence-corrected chi connectivity index (χ4v) is 1.43. The Balaban J connectivity index is 4.05. The highest BCUT2D eigenvalue weighted by molar-refractivity contribution is 6.02. The number of Topliss-reactive ketones (excluding diaryl/α,β-unsaturated/α-hetero) is 1. The smallest absolute Gasteiger partial charge is 0.330 e. The quantitative estimate of drug-likeness (QED) is 0.292. The Morgan fingerprint density at radius 3 is 2.37 bits per heavy atom. The highest BCUT2D eigenvalue weighted by atomic mass is 16.5. The summed E-state index contributed by atoms with van der Waals surface area (Å²) in [7, 11) is 1.26. The molecule has 0 spiro atoms. The van der Waals surface area contributed by atoms with Crippen molar-refractivity contribution in [1.82, 2.24) is 0 Å². The summed E-state index contributed by atoms with van der Waals surface area (Å²) in [6.45, 7) is 5.18. The molecule has 0 aromatic carbocycles. The third-order valence-electron chi connectivity index (χ3n) is 2.71. The summed E-state index contributed by atoms with van der Waals surface area (Å²) in [6, 6.07) is 0. The highest BCUT2D eigenvalue weighted by Gasteiger charge is 2.35. The van der Waals surface area contributed by atoms with Crippen LogP contribution in [-0.4, -0.2) is 31.4 Å². The third-order valence-corrected chi connectivity index (χ3v) is 2.71. The average Bonchev–Trinajstić information content (AvgIpc) is 2.37. The minimum absolute atomic E-state index is 0.163. The molecular weight excluding hydrogens is 248 g/mol. The molecule has 0 amide bonds. The number of hydrogen-bond acceptors (Lipinski definition) is 5. The van der Waals surface area contributed by atoms with Gasteiger partial charge in [-0.25, -0.2) is 4.79 Å². The van der Waals surface area contributed by atoms with Crippen molar-refractivity contribution in [1.29, 1.82) is 0 Å². The number of rotatable bonds is 8. The molecule has 108 valence electrons. The van der Waals surface area contributed by atoms with Crippen LogP contribution in [0.3, 0.4) is 0 Å². The maximum Gasteiger partial charge on any atom is 0.330 e. The fraction of sp³-hybridized carbons (Fsp3) is 0.643. The van der Waals surface area contributed by atoms with Crippen molar-refractivity contribution in [2.24, 2.45) is 5.41 Å². The first-order valence-electron chi connectivity index (χ1n) is 6.31. The molecule has 0 radical (unpaired) electrons. The van der Waals surface area contributed by atoms with Crippen molar-refractivity contribution in [3.05, 3.63) is 12.2 Å². The van der Waals surface area contributed by atoms with E-state index >= 15 is 0 Å². The molecule has 0 aromatic heterocycles. The van der Waals surface area contributed by atoms with E-state index in [9.17, 15) is 14.4 Å². The molecule has 0 bridgehead atoms. The summed E-state index contributed by atoms with van der Waals surface area (Å²) < 4.78 is 9.30. The molecule has 0 aromatic rings. The van der Waals surface area contributed by atoms with Crippen LogP contribution < -0.4 is 0 Å². The van der Waals surface area contributed by atoms with E-state index in [1.807, 2.05) is 0 Å². The van der Waals surface area contributed by atoms with Crippen LogP contribution in [0.25, 0.3) is 0 Å². The number of carbonyl (C=O) groups excluding carboxylic acids is 3. The van der Waals surface area contributed by atoms with Crippen LogP contribution in [0.15, 0.2) is 12.2 Å². The lowest BCUT2D eigenvalue weighted by atomic mass is 9.85. The Bertz CT molecular complexity index is 355. The largest absolute Gasteiger partial charge is 0.468 e. The summed E-state index contributed by atoms with van der Waals surface area (Å²) in [6.07, 6.45) is 4.45. The van der Waals surface area contributed by atoms with Crippen molar-refractivity contribution in [3.63, 3.8) is 0 Å². The van der Waals surface area contributed by atoms with Crippen LogP contribution in [0.5, 0.6) is 0 Å². The maximum atomic E-state index is 11.8. The predicted octanol–water partition coefficient (Wildman–Crippen LogP) is 2.04. The molecule has 5 heteroatoms. The molecule has 5 nitrogen and oxygen atoms in total. The summed E-state index contributed by atoms with van der Waals surface area (Å²) in [4.78, 5) is 34.2. The van der Waals surface area contributed by atoms with E-state index < -0.39 is 11.4 Å². The molecular formula is C14H22O5. The van der Waals surface area contributed by atoms with E-state index in [0.29, 0.717) is 19.4 Å². The molecule has 0 aliphatic carbocycles. The lowest BCUT2D eigenvalue weighted by Crippen LogP contribution is -2.34. The van der Waals surface area contributed by atoms with Gasteiger partial charge in [-0.3, -0.25) is 9.59 Å². The lowest BCUT2D eigenvalue weighted by Gasteiger charge is -2.19. The molecule has 0 N–H and O–H groups in total. The average molecular weight is 270 g/mol. The molecule has 0 aliphatic heterocycles. The monoisotopic (exact) mass is 270 g/mol. The van der Waals surface area contributed by atoms with E-state index in [0.717, 1.165) is 0 Å². The number of esters is 2. The molecule has 0 rings (SSSR count). The van der Waals surface area contributed by atoms with Crippen molar-refractivity contribution >= 4 is 17.7 Å². The van der Waals surface area contributed by atoms with Gasteiger partial charge in [0.2, 0.25) is 0 Å². The standard InChI is InChI=1S/C14H22O5/c1-5-19-12(16)10-8-6-7-9-11(15)14(2,3)13(17)18-4/h8,10H,5-7,9H2,1-4H3/b10-8+. The van der Waals surface area contributed by atoms with Gasteiger partial charge in [0, 0.05) is 12.5 Å². The third kappa shape index (κ3) is 6.18. The fourth-order valence-electron chi connectivity index (χ4n) is 1.43. The number of ether oxygens (including phenoxy) is 2. The van der Waals surface area contributed by atoms with Gasteiger partial charge in [0.15, 0.2) is 0 Å². The highest BCUT2D eigenvalue weighted by Crippen LogP contribution is 2.21. The topological polar surface area (TPSA) is 69.7 Å². The van der Waals surface area contributed by atoms with Crippen LogP contribution in [0.4, 0.5) is 0 Å². The zero-order chi connectivity index (χ0) is 14.9. The number of ketones is 1. The van der Waals surface area contributed by atoms with Crippen molar-refractivity contribution in [2.45, 2.75) is 40.0 Å². The normalized spacial score (nSPS) is 11.4. The van der Waals surface area contributed by atoms with Gasteiger partial charge < -0.3 is 9.47 Å². The number of hydrogen-bond donors (Lipinski definition) is 0. The molecule has 0 atom stereocenters. The van der Waals surface area contributed by atoms with E-state index in [-0.39, 0.29) is 18.2 Å². The Labute approximate surface area is 114 Å². The van der Waals surface area contributed by atoms with Crippen molar-refractivity contribution in [3.8, 4) is 0 Å². The Kier molecular flexibility index (Phi) is 7.72. The molecule has 0 aliphatic rings. The summed E-state index contributed by atoms with van der Waals surface area (Å²) in [5, 5.41) is 0. The minimum Gasteiger partial charge on any atom is -0.468 e. The van der Waals surface area contributed by atoms with E-state index in [1.165, 1.54) is 13.2 Å². The van der Waals surface area contributed by atoms with Crippen LogP contribution in [0, 0.1) is 5.41 Å². The first-order chi connectivity index (χ1) is 8.86. The van der Waals surface area contributed by atoms with E-state index in [2.05, 4.69) is 4.74 Å². The van der Waals surface area contributed by atoms with E-state index in [1.54, 1.807) is 26.8 Å². The van der Waals surface area contributed by atoms with Crippen LogP contribution in [-0.2, 0) is 23.9 Å². The summed E-state index contributed by atoms with van der Waals surface area (Å²) in [5.41, 5.74) is -1.11. The maximum absolute atomic E-state index is 11.8. The van der Waals surface area contributed by atoms with Crippen LogP contribution in [0.1, 0.15) is 40.0 Å². The number of unbranched alkanes of at least 4 members (excludes halogenated alkanes) is 1. The van der Waals surface area contributed by atoms with Crippen molar-refractivity contribution < 1.29 is 23.9 Å². The number of methoxy groups -OCH3 is 1. The molecule has 0 saturated carbocycles. The van der Waals surface area contributed by atoms with Gasteiger partial charge in [0.25, 0.3) is 0 Å². The van der Waals surface area contributed by atoms with Gasteiger partial charge in [-0.15, -0.1) is 0 Å². The first kappa shape index (κ1) is 17.4. The Morgan fingerprint density at radius 1 is 1.21 bits per heavy atom. The lowest BCUT2D eigenvalue weighted by molar-refractivity contribution is -0.155. The van der Waals surface area contributed by atoms with Gasteiger partial charge in [0.05, 0.1) is 13.7 Å². The Morgan fingerprint density at radius 2 is 1.84 bits per heavy atom. The van der Waals surface area contributed by atoms with Crippen LogP contribution >= 0.6 is 0 Å². The number of carbonyl (C=O) groups is 3. The van der Waals surface area contributed by atoms with Gasteiger partial charge in [-0.1, -0.05) is 6.08 Å². The predicted molar refractivity (Wildman–Crippen MR) is 70.4 cm³/mol. The number of allylic oxidation sites excluding steroid dienone is 1. The van der Waals surface area contributed by atoms with Gasteiger partial charge >= 0.3 is 11.9 Å². The summed E-state index contributed by atoms with van der Waals surface area (Å²) >= 11 is 0. The zero-order valence-corrected chi connectivity index (χ0v) is 12.0. The second-order valence-corrected chi connectivity index (χ2v) is 4.59. The molecule has 0 heterocycles.